The summed E-state index contributed by atoms with van der Waals surface area (Å²) in [4.78, 5) is 20.7. The van der Waals surface area contributed by atoms with Gasteiger partial charge in [0.05, 0.1) is 23.8 Å². The predicted molar refractivity (Wildman–Crippen MR) is 99.3 cm³/mol. The monoisotopic (exact) mass is 333 g/mol. The van der Waals surface area contributed by atoms with E-state index in [-0.39, 0.29) is 17.6 Å². The van der Waals surface area contributed by atoms with E-state index < -0.39 is 0 Å². The molecule has 1 atom stereocenters. The smallest absolute Gasteiger partial charge is 0.275 e. The van der Waals surface area contributed by atoms with E-state index in [1.165, 1.54) is 6.20 Å². The highest BCUT2D eigenvalue weighted by atomic mass is 16.1. The Morgan fingerprint density at radius 3 is 2.40 bits per heavy atom. The number of para-hydroxylation sites is 2. The van der Waals surface area contributed by atoms with Crippen molar-refractivity contribution in [2.24, 2.45) is 0 Å². The van der Waals surface area contributed by atoms with E-state index in [4.69, 9.17) is 5.73 Å². The van der Waals surface area contributed by atoms with Crippen LogP contribution in [-0.2, 0) is 0 Å². The molecule has 0 bridgehead atoms. The largest absolute Gasteiger partial charge is 0.397 e. The van der Waals surface area contributed by atoms with Gasteiger partial charge in [-0.05, 0) is 24.6 Å². The standard InChI is InChI=1S/C19H19N5O/c1-13(14-7-3-2-4-8-14)23-18-12-21-17(11-22-18)19(25)24-16-10-6-5-9-15(16)20/h2-13H,20H2,1H3,(H,22,23)(H,24,25)/t13-/m1/s1. The SMILES string of the molecule is C[C@@H](Nc1cnc(C(=O)Nc2ccccc2N)cn1)c1ccccc1. The van der Waals surface area contributed by atoms with Gasteiger partial charge in [-0.25, -0.2) is 9.97 Å². The first kappa shape index (κ1) is 16.4. The Bertz CT molecular complexity index is 849. The van der Waals surface area contributed by atoms with E-state index in [0.717, 1.165) is 5.56 Å². The van der Waals surface area contributed by atoms with Gasteiger partial charge in [0.15, 0.2) is 0 Å². The third-order valence-electron chi connectivity index (χ3n) is 3.76. The van der Waals surface area contributed by atoms with Gasteiger partial charge >= 0.3 is 0 Å². The summed E-state index contributed by atoms with van der Waals surface area (Å²) in [6.45, 7) is 2.04. The molecule has 6 nitrogen and oxygen atoms in total. The van der Waals surface area contributed by atoms with Crippen molar-refractivity contribution in [3.8, 4) is 0 Å². The Morgan fingerprint density at radius 2 is 1.72 bits per heavy atom. The van der Waals surface area contributed by atoms with E-state index in [9.17, 15) is 4.79 Å². The molecule has 4 N–H and O–H groups in total. The second-order valence-electron chi connectivity index (χ2n) is 5.60. The minimum Gasteiger partial charge on any atom is -0.397 e. The zero-order chi connectivity index (χ0) is 17.6. The molecular weight excluding hydrogens is 314 g/mol. The molecule has 0 aliphatic carbocycles. The van der Waals surface area contributed by atoms with Crippen LogP contribution in [0.4, 0.5) is 17.2 Å². The van der Waals surface area contributed by atoms with E-state index >= 15 is 0 Å². The number of amides is 1. The highest BCUT2D eigenvalue weighted by Gasteiger charge is 2.11. The number of rotatable bonds is 5. The number of benzene rings is 2. The van der Waals surface area contributed by atoms with Crippen LogP contribution < -0.4 is 16.4 Å². The summed E-state index contributed by atoms with van der Waals surface area (Å²) in [5.74, 6) is 0.250. The third kappa shape index (κ3) is 4.11. The maximum absolute atomic E-state index is 12.2. The lowest BCUT2D eigenvalue weighted by atomic mass is 10.1. The normalized spacial score (nSPS) is 11.6. The van der Waals surface area contributed by atoms with Crippen LogP contribution in [0.25, 0.3) is 0 Å². The number of nitrogens with two attached hydrogens (primary N) is 1. The fourth-order valence-electron chi connectivity index (χ4n) is 2.36. The highest BCUT2D eigenvalue weighted by molar-refractivity contribution is 6.04. The molecule has 0 spiro atoms. The second kappa shape index (κ2) is 7.44. The van der Waals surface area contributed by atoms with Crippen molar-refractivity contribution in [3.05, 3.63) is 78.2 Å². The second-order valence-corrected chi connectivity index (χ2v) is 5.60. The first-order valence-corrected chi connectivity index (χ1v) is 7.93. The number of nitrogen functional groups attached to an aromatic ring is 1. The fourth-order valence-corrected chi connectivity index (χ4v) is 2.36. The summed E-state index contributed by atoms with van der Waals surface area (Å²) in [6, 6.07) is 17.2. The van der Waals surface area contributed by atoms with Crippen LogP contribution in [0, 0.1) is 0 Å². The van der Waals surface area contributed by atoms with Gasteiger partial charge in [-0.2, -0.15) is 0 Å². The summed E-state index contributed by atoms with van der Waals surface area (Å²) in [5, 5.41) is 5.98. The van der Waals surface area contributed by atoms with Crippen LogP contribution in [0.15, 0.2) is 67.0 Å². The van der Waals surface area contributed by atoms with Gasteiger partial charge in [0.1, 0.15) is 11.5 Å². The molecule has 0 saturated carbocycles. The Kier molecular flexibility index (Phi) is 4.89. The van der Waals surface area contributed by atoms with Crippen molar-refractivity contribution in [2.45, 2.75) is 13.0 Å². The first-order chi connectivity index (χ1) is 12.1. The molecule has 0 fully saturated rings. The molecule has 0 aliphatic heterocycles. The van der Waals surface area contributed by atoms with Crippen LogP contribution in [0.3, 0.4) is 0 Å². The lowest BCUT2D eigenvalue weighted by Crippen LogP contribution is -2.16. The molecule has 3 rings (SSSR count). The van der Waals surface area contributed by atoms with Crippen molar-refractivity contribution >= 4 is 23.1 Å². The molecule has 6 heteroatoms. The number of aromatic nitrogens is 2. The summed E-state index contributed by atoms with van der Waals surface area (Å²) in [6.07, 6.45) is 2.98. The number of carbonyl (C=O) groups excluding carboxylic acids is 1. The minimum absolute atomic E-state index is 0.0827. The molecule has 126 valence electrons. The fraction of sp³-hybridized carbons (Fsp3) is 0.105. The van der Waals surface area contributed by atoms with E-state index in [0.29, 0.717) is 17.2 Å². The predicted octanol–water partition coefficient (Wildman–Crippen LogP) is 3.48. The molecule has 0 radical (unpaired) electrons. The van der Waals surface area contributed by atoms with E-state index in [1.807, 2.05) is 37.3 Å². The van der Waals surface area contributed by atoms with Crippen molar-refractivity contribution < 1.29 is 4.79 Å². The summed E-state index contributed by atoms with van der Waals surface area (Å²) in [5.41, 5.74) is 8.24. The highest BCUT2D eigenvalue weighted by Crippen LogP contribution is 2.18. The molecular formula is C19H19N5O. The van der Waals surface area contributed by atoms with E-state index in [2.05, 4.69) is 20.6 Å². The average Bonchev–Trinajstić information content (AvgIpc) is 2.65. The molecule has 0 aliphatic rings. The van der Waals surface area contributed by atoms with Gasteiger partial charge in [0.25, 0.3) is 5.91 Å². The average molecular weight is 333 g/mol. The van der Waals surface area contributed by atoms with Gasteiger partial charge in [-0.3, -0.25) is 4.79 Å². The summed E-state index contributed by atoms with van der Waals surface area (Å²) in [7, 11) is 0. The van der Waals surface area contributed by atoms with Gasteiger partial charge in [-0.15, -0.1) is 0 Å². The number of hydrogen-bond donors (Lipinski definition) is 3. The number of hydrogen-bond acceptors (Lipinski definition) is 5. The van der Waals surface area contributed by atoms with Gasteiger partial charge < -0.3 is 16.4 Å². The maximum Gasteiger partial charge on any atom is 0.275 e. The van der Waals surface area contributed by atoms with Crippen molar-refractivity contribution in [1.82, 2.24) is 9.97 Å². The molecule has 3 aromatic rings. The van der Waals surface area contributed by atoms with Crippen molar-refractivity contribution in [1.29, 1.82) is 0 Å². The van der Waals surface area contributed by atoms with Gasteiger partial charge in [0, 0.05) is 6.04 Å². The summed E-state index contributed by atoms with van der Waals surface area (Å²) < 4.78 is 0. The minimum atomic E-state index is -0.354. The lowest BCUT2D eigenvalue weighted by molar-refractivity contribution is 0.102. The molecule has 1 aromatic heterocycles. The van der Waals surface area contributed by atoms with Crippen LogP contribution in [0.1, 0.15) is 29.0 Å². The molecule has 1 heterocycles. The van der Waals surface area contributed by atoms with Crippen molar-refractivity contribution in [3.63, 3.8) is 0 Å². The third-order valence-corrected chi connectivity index (χ3v) is 3.76. The Hall–Kier alpha value is -3.41. The number of anilines is 3. The number of carbonyl (C=O) groups is 1. The number of nitrogens with one attached hydrogen (secondary N) is 2. The van der Waals surface area contributed by atoms with Gasteiger partial charge in [-0.1, -0.05) is 42.5 Å². The van der Waals surface area contributed by atoms with Gasteiger partial charge in [0.2, 0.25) is 0 Å². The molecule has 1 amide bonds. The molecule has 0 unspecified atom stereocenters. The van der Waals surface area contributed by atoms with Crippen LogP contribution in [0.2, 0.25) is 0 Å². The number of nitrogens with zero attached hydrogens (tertiary/aromatic N) is 2. The molecule has 0 saturated heterocycles. The van der Waals surface area contributed by atoms with Crippen molar-refractivity contribution in [2.75, 3.05) is 16.4 Å². The summed E-state index contributed by atoms with van der Waals surface area (Å²) >= 11 is 0. The van der Waals surface area contributed by atoms with Crippen LogP contribution >= 0.6 is 0 Å². The zero-order valence-electron chi connectivity index (χ0n) is 13.8. The lowest BCUT2D eigenvalue weighted by Gasteiger charge is -2.14. The Labute approximate surface area is 146 Å². The molecule has 25 heavy (non-hydrogen) atoms. The zero-order valence-corrected chi connectivity index (χ0v) is 13.8. The van der Waals surface area contributed by atoms with Crippen LogP contribution in [-0.4, -0.2) is 15.9 Å². The first-order valence-electron chi connectivity index (χ1n) is 7.93. The van der Waals surface area contributed by atoms with E-state index in [1.54, 1.807) is 30.5 Å². The maximum atomic E-state index is 12.2. The topological polar surface area (TPSA) is 92.9 Å². The quantitative estimate of drug-likeness (QED) is 0.622. The molecule has 2 aromatic carbocycles. The van der Waals surface area contributed by atoms with Crippen LogP contribution in [0.5, 0.6) is 0 Å². The Morgan fingerprint density at radius 1 is 1.00 bits per heavy atom. The Balaban J connectivity index is 1.66.